The number of rotatable bonds is 8. The van der Waals surface area contributed by atoms with Crippen molar-refractivity contribution in [2.24, 2.45) is 0 Å². The van der Waals surface area contributed by atoms with Crippen LogP contribution in [-0.2, 0) is 17.8 Å². The maximum Gasteiger partial charge on any atom is 0.221 e. The number of imidazole rings is 1. The minimum Gasteiger partial charge on any atom is -0.359 e. The first kappa shape index (κ1) is 15.0. The minimum atomic E-state index is 0.0295. The number of H-pyrrole nitrogens is 1. The van der Waals surface area contributed by atoms with Crippen molar-refractivity contribution in [3.8, 4) is 0 Å². The zero-order chi connectivity index (χ0) is 13.4. The van der Waals surface area contributed by atoms with E-state index in [2.05, 4.69) is 27.5 Å². The Kier molecular flexibility index (Phi) is 6.75. The van der Waals surface area contributed by atoms with Crippen LogP contribution in [0.15, 0.2) is 0 Å². The van der Waals surface area contributed by atoms with Crippen molar-refractivity contribution in [3.63, 3.8) is 0 Å². The number of aryl methyl sites for hydroxylation is 1. The van der Waals surface area contributed by atoms with Crippen LogP contribution in [0.5, 0.6) is 0 Å². The molecule has 0 aromatic carbocycles. The Morgan fingerprint density at radius 2 is 2.28 bits per heavy atom. The van der Waals surface area contributed by atoms with E-state index in [4.69, 9.17) is 11.6 Å². The van der Waals surface area contributed by atoms with Gasteiger partial charge < -0.3 is 15.6 Å². The normalized spacial score (nSPS) is 10.6. The highest BCUT2D eigenvalue weighted by Gasteiger charge is 2.07. The molecule has 6 heteroatoms. The molecule has 0 aliphatic carbocycles. The number of aromatic nitrogens is 2. The molecule has 0 unspecified atom stereocenters. The zero-order valence-corrected chi connectivity index (χ0v) is 11.7. The molecule has 1 aromatic rings. The molecule has 1 rings (SSSR count). The standard InChI is InChI=1S/C12H21ClN4O/c1-3-4-5-10-16-9(12(13)17-10)8-15-7-6-11(18)14-2/h15H,3-8H2,1-2H3,(H,14,18)(H,16,17). The van der Waals surface area contributed by atoms with E-state index in [9.17, 15) is 4.79 Å². The highest BCUT2D eigenvalue weighted by molar-refractivity contribution is 6.30. The molecule has 0 aliphatic heterocycles. The molecule has 0 atom stereocenters. The quantitative estimate of drug-likeness (QED) is 0.630. The van der Waals surface area contributed by atoms with Crippen LogP contribution in [0.25, 0.3) is 0 Å². The molecule has 18 heavy (non-hydrogen) atoms. The van der Waals surface area contributed by atoms with Crippen LogP contribution in [0.2, 0.25) is 5.15 Å². The first-order valence-corrected chi connectivity index (χ1v) is 6.69. The fraction of sp³-hybridized carbons (Fsp3) is 0.667. The molecule has 1 heterocycles. The molecule has 102 valence electrons. The van der Waals surface area contributed by atoms with Crippen molar-refractivity contribution >= 4 is 17.5 Å². The van der Waals surface area contributed by atoms with Crippen molar-refractivity contribution in [3.05, 3.63) is 16.7 Å². The Hall–Kier alpha value is -1.07. The van der Waals surface area contributed by atoms with E-state index >= 15 is 0 Å². The molecular weight excluding hydrogens is 252 g/mol. The molecule has 0 radical (unpaired) electrons. The van der Waals surface area contributed by atoms with Gasteiger partial charge in [0.1, 0.15) is 5.82 Å². The molecule has 0 spiro atoms. The van der Waals surface area contributed by atoms with Gasteiger partial charge in [-0.05, 0) is 6.42 Å². The van der Waals surface area contributed by atoms with Gasteiger partial charge in [-0.3, -0.25) is 4.79 Å². The van der Waals surface area contributed by atoms with Crippen LogP contribution in [-0.4, -0.2) is 29.5 Å². The summed E-state index contributed by atoms with van der Waals surface area (Å²) in [5, 5.41) is 6.26. The highest BCUT2D eigenvalue weighted by atomic mass is 35.5. The summed E-state index contributed by atoms with van der Waals surface area (Å²) in [5.41, 5.74) is 0.889. The van der Waals surface area contributed by atoms with Gasteiger partial charge in [0, 0.05) is 33.0 Å². The number of carbonyl (C=O) groups excluding carboxylic acids is 1. The van der Waals surface area contributed by atoms with E-state index in [1.165, 1.54) is 0 Å². The molecule has 3 N–H and O–H groups in total. The average molecular weight is 273 g/mol. The Morgan fingerprint density at radius 3 is 2.94 bits per heavy atom. The fourth-order valence-corrected chi connectivity index (χ4v) is 1.78. The maximum absolute atomic E-state index is 11.0. The second-order valence-electron chi connectivity index (χ2n) is 4.16. The molecule has 0 saturated heterocycles. The molecular formula is C12H21ClN4O. The molecule has 1 amide bonds. The Morgan fingerprint density at radius 1 is 1.50 bits per heavy atom. The summed E-state index contributed by atoms with van der Waals surface area (Å²) in [6, 6.07) is 0. The van der Waals surface area contributed by atoms with E-state index in [1.807, 2.05) is 0 Å². The zero-order valence-electron chi connectivity index (χ0n) is 11.0. The van der Waals surface area contributed by atoms with Crippen molar-refractivity contribution in [2.75, 3.05) is 13.6 Å². The number of nitrogens with one attached hydrogen (secondary N) is 3. The Bertz CT molecular complexity index is 378. The van der Waals surface area contributed by atoms with Gasteiger partial charge >= 0.3 is 0 Å². The van der Waals surface area contributed by atoms with Crippen LogP contribution in [0.4, 0.5) is 0 Å². The minimum absolute atomic E-state index is 0.0295. The van der Waals surface area contributed by atoms with E-state index in [0.29, 0.717) is 24.7 Å². The summed E-state index contributed by atoms with van der Waals surface area (Å²) in [5.74, 6) is 0.965. The van der Waals surface area contributed by atoms with Crippen LogP contribution >= 0.6 is 11.6 Å². The lowest BCUT2D eigenvalue weighted by Gasteiger charge is -2.02. The second kappa shape index (κ2) is 8.11. The summed E-state index contributed by atoms with van der Waals surface area (Å²) in [6.07, 6.45) is 3.63. The van der Waals surface area contributed by atoms with Crippen molar-refractivity contribution in [1.82, 2.24) is 20.6 Å². The van der Waals surface area contributed by atoms with Crippen LogP contribution in [0.1, 0.15) is 37.7 Å². The number of nitrogens with zero attached hydrogens (tertiary/aromatic N) is 1. The maximum atomic E-state index is 11.0. The molecule has 0 saturated carbocycles. The number of aromatic amines is 1. The number of hydrogen-bond donors (Lipinski definition) is 3. The SMILES string of the molecule is CCCCc1nc(Cl)c(CNCCC(=O)NC)[nH]1. The number of carbonyl (C=O) groups is 1. The van der Waals surface area contributed by atoms with E-state index in [0.717, 1.165) is 30.8 Å². The van der Waals surface area contributed by atoms with Gasteiger partial charge in [-0.2, -0.15) is 0 Å². The second-order valence-corrected chi connectivity index (χ2v) is 4.51. The van der Waals surface area contributed by atoms with E-state index < -0.39 is 0 Å². The first-order valence-electron chi connectivity index (χ1n) is 6.32. The third-order valence-corrected chi connectivity index (χ3v) is 2.97. The highest BCUT2D eigenvalue weighted by Crippen LogP contribution is 2.13. The number of amides is 1. The molecule has 0 aliphatic rings. The van der Waals surface area contributed by atoms with Gasteiger partial charge in [-0.15, -0.1) is 0 Å². The number of halogens is 1. The Balaban J connectivity index is 2.33. The van der Waals surface area contributed by atoms with E-state index in [-0.39, 0.29) is 5.91 Å². The first-order chi connectivity index (χ1) is 8.67. The lowest BCUT2D eigenvalue weighted by atomic mass is 10.2. The molecule has 0 fully saturated rings. The molecule has 5 nitrogen and oxygen atoms in total. The Labute approximate surface area is 113 Å². The van der Waals surface area contributed by atoms with Gasteiger partial charge in [0.2, 0.25) is 5.91 Å². The van der Waals surface area contributed by atoms with Gasteiger partial charge in [0.25, 0.3) is 0 Å². The third kappa shape index (κ3) is 5.06. The summed E-state index contributed by atoms with van der Waals surface area (Å²) in [4.78, 5) is 18.5. The molecule has 1 aromatic heterocycles. The topological polar surface area (TPSA) is 69.8 Å². The van der Waals surface area contributed by atoms with Crippen LogP contribution < -0.4 is 10.6 Å². The summed E-state index contributed by atoms with van der Waals surface area (Å²) >= 11 is 6.03. The average Bonchev–Trinajstić information content (AvgIpc) is 2.72. The fourth-order valence-electron chi connectivity index (χ4n) is 1.56. The van der Waals surface area contributed by atoms with Crippen LogP contribution in [0.3, 0.4) is 0 Å². The predicted molar refractivity (Wildman–Crippen MR) is 72.6 cm³/mol. The van der Waals surface area contributed by atoms with E-state index in [1.54, 1.807) is 7.05 Å². The van der Waals surface area contributed by atoms with Crippen LogP contribution in [0, 0.1) is 0 Å². The summed E-state index contributed by atoms with van der Waals surface area (Å²) in [6.45, 7) is 3.38. The van der Waals surface area contributed by atoms with Crippen molar-refractivity contribution in [1.29, 1.82) is 0 Å². The predicted octanol–water partition coefficient (Wildman–Crippen LogP) is 1.63. The monoisotopic (exact) mass is 272 g/mol. The van der Waals surface area contributed by atoms with Gasteiger partial charge in [0.15, 0.2) is 5.15 Å². The largest absolute Gasteiger partial charge is 0.359 e. The van der Waals surface area contributed by atoms with Gasteiger partial charge in [-0.25, -0.2) is 4.98 Å². The van der Waals surface area contributed by atoms with Crippen molar-refractivity contribution in [2.45, 2.75) is 39.2 Å². The lowest BCUT2D eigenvalue weighted by Crippen LogP contribution is -2.24. The smallest absolute Gasteiger partial charge is 0.221 e. The summed E-state index contributed by atoms with van der Waals surface area (Å²) < 4.78 is 0. The number of unbranched alkanes of at least 4 members (excludes halogenated alkanes) is 1. The van der Waals surface area contributed by atoms with Gasteiger partial charge in [-0.1, -0.05) is 24.9 Å². The number of hydrogen-bond acceptors (Lipinski definition) is 3. The summed E-state index contributed by atoms with van der Waals surface area (Å²) in [7, 11) is 1.63. The lowest BCUT2D eigenvalue weighted by molar-refractivity contribution is -0.120. The van der Waals surface area contributed by atoms with Crippen molar-refractivity contribution < 1.29 is 4.79 Å². The third-order valence-electron chi connectivity index (χ3n) is 2.65. The van der Waals surface area contributed by atoms with Gasteiger partial charge in [0.05, 0.1) is 5.69 Å². The molecule has 0 bridgehead atoms.